The lowest BCUT2D eigenvalue weighted by molar-refractivity contribution is -0.128. The van der Waals surface area contributed by atoms with Crippen LogP contribution in [0, 0.1) is 0 Å². The second kappa shape index (κ2) is 11.3. The van der Waals surface area contributed by atoms with Crippen LogP contribution in [0.4, 0.5) is 0 Å². The van der Waals surface area contributed by atoms with Crippen molar-refractivity contribution in [1.29, 1.82) is 0 Å². The molecule has 0 saturated heterocycles. The number of carbonyl (C=O) groups excluding carboxylic acids is 1. The normalized spacial score (nSPS) is 10.7. The van der Waals surface area contributed by atoms with Crippen molar-refractivity contribution >= 4 is 17.7 Å². The number of amides is 1. The van der Waals surface area contributed by atoms with E-state index in [-0.39, 0.29) is 11.7 Å². The fourth-order valence-corrected chi connectivity index (χ4v) is 4.31. The Morgan fingerprint density at radius 2 is 1.70 bits per heavy atom. The van der Waals surface area contributed by atoms with Crippen LogP contribution in [0.15, 0.2) is 96.4 Å². The van der Waals surface area contributed by atoms with Gasteiger partial charge in [0.25, 0.3) is 0 Å². The van der Waals surface area contributed by atoms with Crippen molar-refractivity contribution in [3.63, 3.8) is 0 Å². The van der Waals surface area contributed by atoms with Crippen molar-refractivity contribution in [2.75, 3.05) is 19.4 Å². The van der Waals surface area contributed by atoms with Crippen molar-refractivity contribution in [1.82, 2.24) is 19.7 Å². The first kappa shape index (κ1) is 22.6. The van der Waals surface area contributed by atoms with Crippen LogP contribution in [0.1, 0.15) is 11.1 Å². The first-order valence-corrected chi connectivity index (χ1v) is 11.7. The highest BCUT2D eigenvalue weighted by Gasteiger charge is 2.17. The third-order valence-corrected chi connectivity index (χ3v) is 6.18. The standard InChI is InChI=1S/C26H26N4O2S/c1-32-24-14-8-13-23(17-24)30-20-27-28-26(30)33-19-25(31)29(18-22-11-6-3-7-12-22)16-15-21-9-4-2-5-10-21/h2-14,17,20H,15-16,18-19H2,1H3. The van der Waals surface area contributed by atoms with Crippen LogP contribution in [0.25, 0.3) is 5.69 Å². The zero-order valence-electron chi connectivity index (χ0n) is 18.5. The number of aromatic nitrogens is 3. The third kappa shape index (κ3) is 6.23. The molecule has 0 spiro atoms. The van der Waals surface area contributed by atoms with E-state index in [1.54, 1.807) is 13.4 Å². The molecule has 0 aliphatic carbocycles. The number of carbonyl (C=O) groups is 1. The second-order valence-corrected chi connectivity index (χ2v) is 8.45. The predicted octanol–water partition coefficient (Wildman–Crippen LogP) is 4.64. The Morgan fingerprint density at radius 3 is 2.42 bits per heavy atom. The van der Waals surface area contributed by atoms with Gasteiger partial charge in [0, 0.05) is 19.2 Å². The summed E-state index contributed by atoms with van der Waals surface area (Å²) in [6, 6.07) is 28.0. The Balaban J connectivity index is 1.45. The summed E-state index contributed by atoms with van der Waals surface area (Å²) in [6.45, 7) is 1.23. The molecule has 0 aliphatic rings. The summed E-state index contributed by atoms with van der Waals surface area (Å²) >= 11 is 1.39. The molecule has 0 unspecified atom stereocenters. The fourth-order valence-electron chi connectivity index (χ4n) is 3.48. The van der Waals surface area contributed by atoms with E-state index in [9.17, 15) is 4.79 Å². The predicted molar refractivity (Wildman–Crippen MR) is 131 cm³/mol. The van der Waals surface area contributed by atoms with Gasteiger partial charge in [0.1, 0.15) is 12.1 Å². The van der Waals surface area contributed by atoms with E-state index in [0.717, 1.165) is 23.4 Å². The molecule has 0 saturated carbocycles. The molecule has 6 nitrogen and oxygen atoms in total. The SMILES string of the molecule is COc1cccc(-n2cnnc2SCC(=O)N(CCc2ccccc2)Cc2ccccc2)c1. The molecule has 4 rings (SSSR count). The van der Waals surface area contributed by atoms with Crippen molar-refractivity contribution in [2.45, 2.75) is 18.1 Å². The van der Waals surface area contributed by atoms with Crippen LogP contribution in [0.5, 0.6) is 5.75 Å². The van der Waals surface area contributed by atoms with E-state index in [0.29, 0.717) is 18.2 Å². The number of rotatable bonds is 10. The average molecular weight is 459 g/mol. The summed E-state index contributed by atoms with van der Waals surface area (Å²) in [4.78, 5) is 15.2. The molecule has 7 heteroatoms. The number of ether oxygens (including phenoxy) is 1. The minimum Gasteiger partial charge on any atom is -0.497 e. The molecule has 0 atom stereocenters. The number of benzene rings is 3. The summed E-state index contributed by atoms with van der Waals surface area (Å²) < 4.78 is 7.19. The molecule has 0 N–H and O–H groups in total. The van der Waals surface area contributed by atoms with Gasteiger partial charge in [0.15, 0.2) is 5.16 Å². The molecule has 33 heavy (non-hydrogen) atoms. The first-order chi connectivity index (χ1) is 16.2. The summed E-state index contributed by atoms with van der Waals surface area (Å²) in [6.07, 6.45) is 2.46. The van der Waals surface area contributed by atoms with Gasteiger partial charge in [-0.25, -0.2) is 0 Å². The monoisotopic (exact) mass is 458 g/mol. The van der Waals surface area contributed by atoms with Crippen LogP contribution in [0.2, 0.25) is 0 Å². The smallest absolute Gasteiger partial charge is 0.233 e. The molecule has 0 aliphatic heterocycles. The molecule has 3 aromatic carbocycles. The van der Waals surface area contributed by atoms with Gasteiger partial charge in [0.2, 0.25) is 5.91 Å². The number of thioether (sulfide) groups is 1. The topological polar surface area (TPSA) is 60.2 Å². The molecular weight excluding hydrogens is 432 g/mol. The van der Waals surface area contributed by atoms with E-state index in [2.05, 4.69) is 34.5 Å². The Labute approximate surface area is 198 Å². The van der Waals surface area contributed by atoms with Gasteiger partial charge in [-0.2, -0.15) is 0 Å². The quantitative estimate of drug-likeness (QED) is 0.324. The number of hydrogen-bond donors (Lipinski definition) is 0. The summed E-state index contributed by atoms with van der Waals surface area (Å²) in [5, 5.41) is 8.93. The summed E-state index contributed by atoms with van der Waals surface area (Å²) in [7, 11) is 1.64. The molecular formula is C26H26N4O2S. The van der Waals surface area contributed by atoms with Crippen LogP contribution in [-0.2, 0) is 17.8 Å². The van der Waals surface area contributed by atoms with Crippen LogP contribution in [0.3, 0.4) is 0 Å². The zero-order valence-corrected chi connectivity index (χ0v) is 19.3. The van der Waals surface area contributed by atoms with Gasteiger partial charge in [-0.05, 0) is 29.7 Å². The highest BCUT2D eigenvalue weighted by molar-refractivity contribution is 7.99. The first-order valence-electron chi connectivity index (χ1n) is 10.8. The largest absolute Gasteiger partial charge is 0.497 e. The van der Waals surface area contributed by atoms with Gasteiger partial charge in [0.05, 0.1) is 18.6 Å². The Kier molecular flexibility index (Phi) is 7.76. The highest BCUT2D eigenvalue weighted by atomic mass is 32.2. The lowest BCUT2D eigenvalue weighted by Gasteiger charge is -2.23. The maximum absolute atomic E-state index is 13.2. The highest BCUT2D eigenvalue weighted by Crippen LogP contribution is 2.23. The van der Waals surface area contributed by atoms with Crippen LogP contribution >= 0.6 is 11.8 Å². The molecule has 4 aromatic rings. The number of methoxy groups -OCH3 is 1. The van der Waals surface area contributed by atoms with Crippen LogP contribution < -0.4 is 4.74 Å². The minimum atomic E-state index is 0.0694. The molecule has 168 valence electrons. The van der Waals surface area contributed by atoms with E-state index < -0.39 is 0 Å². The average Bonchev–Trinajstić information content (AvgIpc) is 3.35. The van der Waals surface area contributed by atoms with Crippen LogP contribution in [-0.4, -0.2) is 45.0 Å². The Hall–Kier alpha value is -3.58. The Morgan fingerprint density at radius 1 is 0.970 bits per heavy atom. The van der Waals surface area contributed by atoms with Gasteiger partial charge < -0.3 is 9.64 Å². The van der Waals surface area contributed by atoms with Crippen molar-refractivity contribution in [3.8, 4) is 11.4 Å². The lowest BCUT2D eigenvalue weighted by atomic mass is 10.1. The number of nitrogens with zero attached hydrogens (tertiary/aromatic N) is 4. The van der Waals surface area contributed by atoms with Gasteiger partial charge >= 0.3 is 0 Å². The van der Waals surface area contributed by atoms with E-state index in [1.165, 1.54) is 17.3 Å². The molecule has 0 radical (unpaired) electrons. The van der Waals surface area contributed by atoms with E-state index >= 15 is 0 Å². The molecule has 1 amide bonds. The van der Waals surface area contributed by atoms with Crippen molar-refractivity contribution < 1.29 is 9.53 Å². The Bertz CT molecular complexity index is 1170. The molecule has 1 aromatic heterocycles. The maximum atomic E-state index is 13.2. The minimum absolute atomic E-state index is 0.0694. The van der Waals surface area contributed by atoms with Crippen molar-refractivity contribution in [2.24, 2.45) is 0 Å². The third-order valence-electron chi connectivity index (χ3n) is 5.25. The fraction of sp³-hybridized carbons (Fsp3) is 0.192. The molecule has 0 fully saturated rings. The summed E-state index contributed by atoms with van der Waals surface area (Å²) in [5.41, 5.74) is 3.22. The van der Waals surface area contributed by atoms with E-state index in [4.69, 9.17) is 4.74 Å². The summed E-state index contributed by atoms with van der Waals surface area (Å²) in [5.74, 6) is 1.10. The number of hydrogen-bond acceptors (Lipinski definition) is 5. The molecule has 0 bridgehead atoms. The van der Waals surface area contributed by atoms with E-state index in [1.807, 2.05) is 70.1 Å². The second-order valence-electron chi connectivity index (χ2n) is 7.51. The lowest BCUT2D eigenvalue weighted by Crippen LogP contribution is -2.34. The molecule has 1 heterocycles. The van der Waals surface area contributed by atoms with Gasteiger partial charge in [-0.1, -0.05) is 78.5 Å². The van der Waals surface area contributed by atoms with Gasteiger partial charge in [-0.3, -0.25) is 9.36 Å². The maximum Gasteiger partial charge on any atom is 0.233 e. The zero-order chi connectivity index (χ0) is 22.9. The van der Waals surface area contributed by atoms with Gasteiger partial charge in [-0.15, -0.1) is 10.2 Å². The van der Waals surface area contributed by atoms with Crippen molar-refractivity contribution in [3.05, 3.63) is 102 Å².